The van der Waals surface area contributed by atoms with Gasteiger partial charge in [-0.05, 0) is 26.8 Å². The number of fused-ring (bicyclic) bond motifs is 1. The zero-order valence-corrected chi connectivity index (χ0v) is 11.6. The molecule has 0 fully saturated rings. The molecular weight excluding hydrogens is 210 g/mol. The van der Waals surface area contributed by atoms with E-state index in [0.29, 0.717) is 0 Å². The van der Waals surface area contributed by atoms with E-state index in [1.807, 2.05) is 6.20 Å². The molecule has 0 N–H and O–H groups in total. The molecule has 0 saturated heterocycles. The molecule has 2 rings (SSSR count). The van der Waals surface area contributed by atoms with Crippen molar-refractivity contribution in [3.63, 3.8) is 0 Å². The van der Waals surface area contributed by atoms with Gasteiger partial charge in [-0.2, -0.15) is 10.2 Å². The van der Waals surface area contributed by atoms with E-state index in [0.717, 1.165) is 11.2 Å². The first kappa shape index (κ1) is 12.1. The second kappa shape index (κ2) is 3.56. The van der Waals surface area contributed by atoms with E-state index in [-0.39, 0.29) is 11.0 Å². The minimum Gasteiger partial charge on any atom is -0.341 e. The van der Waals surface area contributed by atoms with Crippen molar-refractivity contribution in [3.8, 4) is 0 Å². The number of hydrogen-bond donors (Lipinski definition) is 0. The van der Waals surface area contributed by atoms with Gasteiger partial charge in [0, 0.05) is 22.5 Å². The van der Waals surface area contributed by atoms with Gasteiger partial charge in [0.2, 0.25) is 0 Å². The molecule has 0 aliphatic carbocycles. The second-order valence-electron chi connectivity index (χ2n) is 6.60. The predicted molar refractivity (Wildman–Crippen MR) is 71.2 cm³/mol. The maximum absolute atomic E-state index is 4.31. The molecule has 17 heavy (non-hydrogen) atoms. The second-order valence-corrected chi connectivity index (χ2v) is 6.60. The maximum Gasteiger partial charge on any atom is 0.0778 e. The van der Waals surface area contributed by atoms with Crippen LogP contribution in [0.3, 0.4) is 0 Å². The van der Waals surface area contributed by atoms with Crippen molar-refractivity contribution < 1.29 is 0 Å². The van der Waals surface area contributed by atoms with Gasteiger partial charge in [-0.25, -0.2) is 0 Å². The highest BCUT2D eigenvalue weighted by Crippen LogP contribution is 2.30. The zero-order chi connectivity index (χ0) is 12.8. The summed E-state index contributed by atoms with van der Waals surface area (Å²) in [4.78, 5) is 0. The molecule has 0 saturated carbocycles. The number of hydrogen-bond acceptors (Lipinski definition) is 2. The van der Waals surface area contributed by atoms with Gasteiger partial charge in [0.05, 0.1) is 17.4 Å². The molecule has 0 spiro atoms. The number of rotatable bonds is 0. The Morgan fingerprint density at radius 3 is 2.24 bits per heavy atom. The van der Waals surface area contributed by atoms with E-state index in [2.05, 4.69) is 68.6 Å². The third-order valence-electron chi connectivity index (χ3n) is 2.95. The van der Waals surface area contributed by atoms with Crippen LogP contribution in [-0.4, -0.2) is 14.8 Å². The Morgan fingerprint density at radius 1 is 1.06 bits per heavy atom. The van der Waals surface area contributed by atoms with E-state index in [4.69, 9.17) is 0 Å². The molecule has 0 unspecified atom stereocenters. The molecule has 3 heteroatoms. The Hall–Kier alpha value is -1.38. The SMILES string of the molecule is CC(C)(C)c1nncc2c1ccn2C(C)(C)C. The van der Waals surface area contributed by atoms with Crippen LogP contribution in [0.25, 0.3) is 10.9 Å². The lowest BCUT2D eigenvalue weighted by Gasteiger charge is -2.23. The fraction of sp³-hybridized carbons (Fsp3) is 0.571. The monoisotopic (exact) mass is 231 g/mol. The first-order valence-electron chi connectivity index (χ1n) is 6.05. The van der Waals surface area contributed by atoms with Crippen molar-refractivity contribution >= 4 is 10.9 Å². The molecule has 0 bridgehead atoms. The van der Waals surface area contributed by atoms with E-state index < -0.39 is 0 Å². The van der Waals surface area contributed by atoms with Crippen LogP contribution in [0.1, 0.15) is 47.2 Å². The molecule has 0 aliphatic rings. The summed E-state index contributed by atoms with van der Waals surface area (Å²) in [5.41, 5.74) is 2.33. The molecule has 2 aromatic rings. The van der Waals surface area contributed by atoms with Gasteiger partial charge < -0.3 is 4.57 Å². The lowest BCUT2D eigenvalue weighted by atomic mass is 9.90. The Bertz CT molecular complexity index is 539. The van der Waals surface area contributed by atoms with Crippen molar-refractivity contribution in [2.45, 2.75) is 52.5 Å². The Kier molecular flexibility index (Phi) is 2.53. The average Bonchev–Trinajstić information content (AvgIpc) is 2.57. The summed E-state index contributed by atoms with van der Waals surface area (Å²) in [5.74, 6) is 0. The Labute approximate surface area is 103 Å². The van der Waals surface area contributed by atoms with Crippen molar-refractivity contribution in [1.82, 2.24) is 14.8 Å². The summed E-state index contributed by atoms with van der Waals surface area (Å²) in [6, 6.07) is 2.15. The van der Waals surface area contributed by atoms with E-state index >= 15 is 0 Å². The van der Waals surface area contributed by atoms with Crippen LogP contribution in [0.4, 0.5) is 0 Å². The van der Waals surface area contributed by atoms with Gasteiger partial charge in [-0.15, -0.1) is 0 Å². The van der Waals surface area contributed by atoms with Gasteiger partial charge in [0.1, 0.15) is 0 Å². The molecule has 0 radical (unpaired) electrons. The molecular formula is C14H21N3. The minimum atomic E-state index is 0.0244. The van der Waals surface area contributed by atoms with Crippen LogP contribution < -0.4 is 0 Å². The molecule has 0 aromatic carbocycles. The summed E-state index contributed by atoms with van der Waals surface area (Å²) >= 11 is 0. The quantitative estimate of drug-likeness (QED) is 0.695. The third-order valence-corrected chi connectivity index (χ3v) is 2.95. The molecule has 0 amide bonds. The van der Waals surface area contributed by atoms with Gasteiger partial charge in [-0.3, -0.25) is 0 Å². The standard InChI is InChI=1S/C14H21N3/c1-13(2,3)12-10-7-8-17(14(4,5)6)11(10)9-15-16-12/h7-9H,1-6H3. The van der Waals surface area contributed by atoms with E-state index in [1.165, 1.54) is 5.39 Å². The number of aromatic nitrogens is 3. The largest absolute Gasteiger partial charge is 0.341 e. The highest BCUT2D eigenvalue weighted by atomic mass is 15.1. The lowest BCUT2D eigenvalue weighted by molar-refractivity contribution is 0.410. The Balaban J connectivity index is 2.74. The van der Waals surface area contributed by atoms with Gasteiger partial charge in [-0.1, -0.05) is 20.8 Å². The minimum absolute atomic E-state index is 0.0244. The fourth-order valence-electron chi connectivity index (χ4n) is 2.11. The first-order chi connectivity index (χ1) is 7.71. The lowest BCUT2D eigenvalue weighted by Crippen LogP contribution is -2.21. The summed E-state index contributed by atoms with van der Waals surface area (Å²) in [6.07, 6.45) is 3.99. The summed E-state index contributed by atoms with van der Waals surface area (Å²) in [6.45, 7) is 13.1. The van der Waals surface area contributed by atoms with Crippen LogP contribution >= 0.6 is 0 Å². The van der Waals surface area contributed by atoms with E-state index in [9.17, 15) is 0 Å². The van der Waals surface area contributed by atoms with Crippen LogP contribution in [0.15, 0.2) is 18.5 Å². The van der Waals surface area contributed by atoms with Crippen molar-refractivity contribution in [2.24, 2.45) is 0 Å². The summed E-state index contributed by atoms with van der Waals surface area (Å²) < 4.78 is 2.26. The van der Waals surface area contributed by atoms with Crippen LogP contribution in [0, 0.1) is 0 Å². The smallest absolute Gasteiger partial charge is 0.0778 e. The highest BCUT2D eigenvalue weighted by Gasteiger charge is 2.22. The van der Waals surface area contributed by atoms with Gasteiger partial charge in [0.25, 0.3) is 0 Å². The topological polar surface area (TPSA) is 30.7 Å². The van der Waals surface area contributed by atoms with E-state index in [1.54, 1.807) is 0 Å². The van der Waals surface area contributed by atoms with Gasteiger partial charge in [0.15, 0.2) is 0 Å². The molecule has 2 heterocycles. The molecule has 3 nitrogen and oxygen atoms in total. The fourth-order valence-corrected chi connectivity index (χ4v) is 2.11. The summed E-state index contributed by atoms with van der Waals surface area (Å²) in [5, 5.41) is 9.68. The number of nitrogens with zero attached hydrogens (tertiary/aromatic N) is 3. The maximum atomic E-state index is 4.31. The van der Waals surface area contributed by atoms with Crippen molar-refractivity contribution in [2.75, 3.05) is 0 Å². The Morgan fingerprint density at radius 2 is 1.71 bits per heavy atom. The zero-order valence-electron chi connectivity index (χ0n) is 11.6. The summed E-state index contributed by atoms with van der Waals surface area (Å²) in [7, 11) is 0. The van der Waals surface area contributed by atoms with Crippen molar-refractivity contribution in [1.29, 1.82) is 0 Å². The third kappa shape index (κ3) is 2.06. The van der Waals surface area contributed by atoms with Crippen LogP contribution in [-0.2, 0) is 11.0 Å². The normalized spacial score (nSPS) is 13.3. The predicted octanol–water partition coefficient (Wildman–Crippen LogP) is 3.48. The van der Waals surface area contributed by atoms with Crippen LogP contribution in [0.5, 0.6) is 0 Å². The molecule has 2 aromatic heterocycles. The van der Waals surface area contributed by atoms with Crippen molar-refractivity contribution in [3.05, 3.63) is 24.2 Å². The van der Waals surface area contributed by atoms with Crippen LogP contribution in [0.2, 0.25) is 0 Å². The first-order valence-corrected chi connectivity index (χ1v) is 6.05. The molecule has 92 valence electrons. The molecule has 0 atom stereocenters. The van der Waals surface area contributed by atoms with Gasteiger partial charge >= 0.3 is 0 Å². The molecule has 0 aliphatic heterocycles. The highest BCUT2D eigenvalue weighted by molar-refractivity contribution is 5.82. The average molecular weight is 231 g/mol.